The van der Waals surface area contributed by atoms with Gasteiger partial charge in [0.15, 0.2) is 0 Å². The van der Waals surface area contributed by atoms with Crippen molar-refractivity contribution in [1.29, 1.82) is 0 Å². The number of rotatable bonds is 5. The molecule has 0 saturated carbocycles. The maximum atomic E-state index is 12.9. The average Bonchev–Trinajstić information content (AvgIpc) is 3.09. The maximum absolute atomic E-state index is 12.9. The van der Waals surface area contributed by atoms with Crippen LogP contribution in [0.15, 0.2) is 12.1 Å². The average molecular weight is 343 g/mol. The van der Waals surface area contributed by atoms with E-state index in [1.165, 1.54) is 4.88 Å². The highest BCUT2D eigenvalue weighted by molar-refractivity contribution is 7.16. The second-order valence-corrected chi connectivity index (χ2v) is 8.13. The molecule has 0 radical (unpaired) electrons. The number of piperidine rings is 1. The molecule has 3 heterocycles. The van der Waals surface area contributed by atoms with Crippen LogP contribution in [0.4, 0.5) is 0 Å². The summed E-state index contributed by atoms with van der Waals surface area (Å²) in [5, 5.41) is 0. The molecular formula is C16H23ClN2O2S. The third kappa shape index (κ3) is 3.32. The minimum Gasteiger partial charge on any atom is -0.383 e. The van der Waals surface area contributed by atoms with E-state index in [0.717, 1.165) is 56.3 Å². The van der Waals surface area contributed by atoms with Crippen molar-refractivity contribution in [3.8, 4) is 0 Å². The fraction of sp³-hybridized carbons (Fsp3) is 0.688. The smallest absolute Gasteiger partial charge is 0.230 e. The number of ether oxygens (including phenoxy) is 1. The first-order valence-corrected chi connectivity index (χ1v) is 9.07. The summed E-state index contributed by atoms with van der Waals surface area (Å²) >= 11 is 7.64. The molecule has 2 aliphatic rings. The minimum atomic E-state index is -0.160. The Kier molecular flexibility index (Phi) is 5.07. The molecule has 0 bridgehead atoms. The zero-order chi connectivity index (χ0) is 15.6. The normalized spacial score (nSPS) is 26.3. The van der Waals surface area contributed by atoms with E-state index < -0.39 is 0 Å². The first kappa shape index (κ1) is 16.2. The molecule has 1 atom stereocenters. The molecule has 22 heavy (non-hydrogen) atoms. The van der Waals surface area contributed by atoms with Crippen molar-refractivity contribution in [2.24, 2.45) is 5.41 Å². The summed E-state index contributed by atoms with van der Waals surface area (Å²) in [7, 11) is 1.69. The fourth-order valence-electron chi connectivity index (χ4n) is 3.70. The van der Waals surface area contributed by atoms with Crippen LogP contribution >= 0.6 is 22.9 Å². The van der Waals surface area contributed by atoms with E-state index in [1.807, 2.05) is 11.0 Å². The summed E-state index contributed by atoms with van der Waals surface area (Å²) in [6.45, 7) is 5.01. The van der Waals surface area contributed by atoms with Gasteiger partial charge in [-0.05, 0) is 37.9 Å². The summed E-state index contributed by atoms with van der Waals surface area (Å²) in [4.78, 5) is 18.6. The fourth-order valence-corrected chi connectivity index (χ4v) is 4.83. The topological polar surface area (TPSA) is 32.8 Å². The van der Waals surface area contributed by atoms with Crippen LogP contribution in [-0.2, 0) is 16.1 Å². The first-order valence-electron chi connectivity index (χ1n) is 7.88. The summed E-state index contributed by atoms with van der Waals surface area (Å²) in [5.41, 5.74) is -0.160. The van der Waals surface area contributed by atoms with Crippen molar-refractivity contribution < 1.29 is 9.53 Å². The molecule has 1 aromatic heterocycles. The van der Waals surface area contributed by atoms with Crippen LogP contribution in [0, 0.1) is 5.41 Å². The van der Waals surface area contributed by atoms with Crippen molar-refractivity contribution >= 4 is 28.8 Å². The molecule has 1 unspecified atom stereocenters. The lowest BCUT2D eigenvalue weighted by atomic mass is 9.78. The summed E-state index contributed by atoms with van der Waals surface area (Å²) < 4.78 is 5.97. The molecular weight excluding hydrogens is 320 g/mol. The molecule has 4 nitrogen and oxygen atoms in total. The van der Waals surface area contributed by atoms with E-state index in [4.69, 9.17) is 16.3 Å². The van der Waals surface area contributed by atoms with Crippen LogP contribution in [0.2, 0.25) is 4.34 Å². The van der Waals surface area contributed by atoms with Gasteiger partial charge in [-0.3, -0.25) is 9.69 Å². The van der Waals surface area contributed by atoms with E-state index in [1.54, 1.807) is 18.4 Å². The molecule has 0 N–H and O–H groups in total. The van der Waals surface area contributed by atoms with Crippen molar-refractivity contribution in [3.05, 3.63) is 21.3 Å². The van der Waals surface area contributed by atoms with Crippen LogP contribution in [0.25, 0.3) is 0 Å². The second-order valence-electron chi connectivity index (χ2n) is 6.34. The number of carbonyl (C=O) groups excluding carboxylic acids is 1. The van der Waals surface area contributed by atoms with Gasteiger partial charge in [0, 0.05) is 38.2 Å². The molecule has 122 valence electrons. The molecule has 1 spiro atoms. The minimum absolute atomic E-state index is 0.160. The number of nitrogens with zero attached hydrogens (tertiary/aromatic N) is 2. The van der Waals surface area contributed by atoms with Gasteiger partial charge in [-0.25, -0.2) is 0 Å². The van der Waals surface area contributed by atoms with Crippen molar-refractivity contribution in [1.82, 2.24) is 9.80 Å². The number of halogens is 1. The highest BCUT2D eigenvalue weighted by atomic mass is 35.5. The van der Waals surface area contributed by atoms with Crippen LogP contribution in [0.3, 0.4) is 0 Å². The maximum Gasteiger partial charge on any atom is 0.230 e. The van der Waals surface area contributed by atoms with Gasteiger partial charge in [-0.15, -0.1) is 11.3 Å². The predicted molar refractivity (Wildman–Crippen MR) is 89.3 cm³/mol. The Labute approximate surface area is 141 Å². The largest absolute Gasteiger partial charge is 0.383 e. The van der Waals surface area contributed by atoms with Crippen LogP contribution in [-0.4, -0.2) is 55.6 Å². The number of thiophene rings is 1. The Bertz CT molecular complexity index is 536. The monoisotopic (exact) mass is 342 g/mol. The van der Waals surface area contributed by atoms with E-state index in [0.29, 0.717) is 12.5 Å². The number of amides is 1. The predicted octanol–water partition coefficient (Wildman–Crippen LogP) is 2.86. The van der Waals surface area contributed by atoms with Crippen molar-refractivity contribution in [2.45, 2.75) is 25.8 Å². The van der Waals surface area contributed by atoms with E-state index >= 15 is 0 Å². The van der Waals surface area contributed by atoms with Gasteiger partial charge in [0.2, 0.25) is 5.91 Å². The van der Waals surface area contributed by atoms with Gasteiger partial charge < -0.3 is 9.64 Å². The quantitative estimate of drug-likeness (QED) is 0.825. The second kappa shape index (κ2) is 6.87. The number of carbonyl (C=O) groups is 1. The summed E-state index contributed by atoms with van der Waals surface area (Å²) in [6.07, 6.45) is 3.11. The summed E-state index contributed by atoms with van der Waals surface area (Å²) in [5.74, 6) is 0.336. The zero-order valence-electron chi connectivity index (χ0n) is 13.0. The van der Waals surface area contributed by atoms with Crippen LogP contribution in [0.1, 0.15) is 24.1 Å². The molecule has 2 saturated heterocycles. The first-order chi connectivity index (χ1) is 10.6. The highest BCUT2D eigenvalue weighted by Crippen LogP contribution is 2.40. The lowest BCUT2D eigenvalue weighted by Gasteiger charge is -2.39. The van der Waals surface area contributed by atoms with Crippen molar-refractivity contribution in [3.63, 3.8) is 0 Å². The number of hydrogen-bond acceptors (Lipinski definition) is 4. The Morgan fingerprint density at radius 2 is 2.23 bits per heavy atom. The van der Waals surface area contributed by atoms with Crippen LogP contribution < -0.4 is 0 Å². The summed E-state index contributed by atoms with van der Waals surface area (Å²) in [6, 6.07) is 4.04. The zero-order valence-corrected chi connectivity index (χ0v) is 14.6. The van der Waals surface area contributed by atoms with Gasteiger partial charge in [0.05, 0.1) is 16.4 Å². The highest BCUT2D eigenvalue weighted by Gasteiger charge is 2.48. The van der Waals surface area contributed by atoms with Gasteiger partial charge >= 0.3 is 0 Å². The molecule has 0 aromatic carbocycles. The lowest BCUT2D eigenvalue weighted by molar-refractivity contribution is -0.146. The molecule has 0 aliphatic carbocycles. The molecule has 2 aliphatic heterocycles. The molecule has 2 fully saturated rings. The standard InChI is InChI=1S/C16H23ClN2O2S/c1-21-10-9-19-7-2-5-16(15(19)20)6-8-18(12-16)11-13-3-4-14(17)22-13/h3-4H,2,5-12H2,1H3. The van der Waals surface area contributed by atoms with Gasteiger partial charge in [-0.1, -0.05) is 11.6 Å². The Morgan fingerprint density at radius 3 is 2.95 bits per heavy atom. The SMILES string of the molecule is COCCN1CCCC2(CCN(Cc3ccc(Cl)s3)C2)C1=O. The van der Waals surface area contributed by atoms with E-state index in [2.05, 4.69) is 11.0 Å². The Hall–Kier alpha value is -0.620. The molecule has 1 amide bonds. The Balaban J connectivity index is 1.63. The van der Waals surface area contributed by atoms with Gasteiger partial charge in [0.1, 0.15) is 0 Å². The lowest BCUT2D eigenvalue weighted by Crippen LogP contribution is -2.50. The molecule has 3 rings (SSSR count). The van der Waals surface area contributed by atoms with Gasteiger partial charge in [-0.2, -0.15) is 0 Å². The molecule has 1 aromatic rings. The molecule has 6 heteroatoms. The van der Waals surface area contributed by atoms with Crippen LogP contribution in [0.5, 0.6) is 0 Å². The van der Waals surface area contributed by atoms with Crippen molar-refractivity contribution in [2.75, 3.05) is 39.9 Å². The Morgan fingerprint density at radius 1 is 1.36 bits per heavy atom. The number of methoxy groups -OCH3 is 1. The van der Waals surface area contributed by atoms with Gasteiger partial charge in [0.25, 0.3) is 0 Å². The third-order valence-corrected chi connectivity index (χ3v) is 6.05. The van der Waals surface area contributed by atoms with E-state index in [9.17, 15) is 4.79 Å². The number of hydrogen-bond donors (Lipinski definition) is 0. The van der Waals surface area contributed by atoms with E-state index in [-0.39, 0.29) is 5.41 Å². The third-order valence-electron chi connectivity index (χ3n) is 4.83. The number of likely N-dealkylation sites (tertiary alicyclic amines) is 2.